The molecule has 4 aromatic carbocycles. The molecule has 7 amide bonds. The third kappa shape index (κ3) is 9.72. The second-order valence-electron chi connectivity index (χ2n) is 15.1. The zero-order valence-corrected chi connectivity index (χ0v) is 34.8. The fourth-order valence-electron chi connectivity index (χ4n) is 7.77. The number of nitrogens with one attached hydrogen (secondary N) is 4. The summed E-state index contributed by atoms with van der Waals surface area (Å²) in [7, 11) is 0. The van der Waals surface area contributed by atoms with Gasteiger partial charge >= 0.3 is 0 Å². The van der Waals surface area contributed by atoms with Crippen LogP contribution >= 0.6 is 0 Å². The molecule has 4 N–H and O–H groups in total. The van der Waals surface area contributed by atoms with Crippen molar-refractivity contribution in [1.29, 1.82) is 0 Å². The van der Waals surface area contributed by atoms with E-state index in [2.05, 4.69) is 26.3 Å². The van der Waals surface area contributed by atoms with Crippen molar-refractivity contribution in [1.82, 2.24) is 25.8 Å². The molecule has 2 aliphatic rings. The molecule has 0 saturated carbocycles. The van der Waals surface area contributed by atoms with Crippen molar-refractivity contribution in [2.24, 2.45) is 0 Å². The standard InChI is InChI=1S/C49H43N7O9/c57-41-22-21-39(44(58)53-41)56-47(61)37-20-17-35(29-38(37)48(56)62)51-24-27-64-28-25-52-45(59)42(33-11-5-2-6-12-33)54-46(60)43(34-13-7-23-50-30-34)55(49(63)40-14-8-26-65-40)36-18-15-32(16-19-36)31-9-3-1-4-10-31/h1-20,23,26,29-30,39,42-43,51H,21-22,24-25,27-28H2,(H,52,59)(H,54,60)(H,53,57,58). The molecule has 3 atom stereocenters. The molecule has 6 aromatic rings. The van der Waals surface area contributed by atoms with E-state index in [1.54, 1.807) is 72.9 Å². The lowest BCUT2D eigenvalue weighted by Crippen LogP contribution is -2.54. The number of hydrogen-bond acceptors (Lipinski definition) is 11. The van der Waals surface area contributed by atoms with Crippen LogP contribution in [0.3, 0.4) is 0 Å². The number of furan rings is 1. The number of rotatable bonds is 17. The van der Waals surface area contributed by atoms with Crippen LogP contribution < -0.4 is 26.2 Å². The number of anilines is 2. The Hall–Kier alpha value is -8.24. The van der Waals surface area contributed by atoms with Crippen LogP contribution in [0.5, 0.6) is 0 Å². The van der Waals surface area contributed by atoms with Gasteiger partial charge in [0.2, 0.25) is 23.6 Å². The second-order valence-corrected chi connectivity index (χ2v) is 15.1. The summed E-state index contributed by atoms with van der Waals surface area (Å²) in [6.45, 7) is 0.725. The Bertz CT molecular complexity index is 2700. The SMILES string of the molecule is O=C1CCC(N2C(=O)c3ccc(NCCOCCNC(=O)C(NC(=O)C(c4cccnc4)N(C(=O)c4ccco4)c4ccc(-c5ccccc5)cc4)c4ccccc4)cc3C2=O)C(=O)N1. The smallest absolute Gasteiger partial charge is 0.294 e. The molecule has 328 valence electrons. The summed E-state index contributed by atoms with van der Waals surface area (Å²) in [5.74, 6) is -4.09. The number of piperidine rings is 1. The topological polar surface area (TPSA) is 209 Å². The Morgan fingerprint density at radius 2 is 1.48 bits per heavy atom. The first kappa shape index (κ1) is 43.4. The Morgan fingerprint density at radius 1 is 0.769 bits per heavy atom. The Kier molecular flexibility index (Phi) is 13.3. The van der Waals surface area contributed by atoms with Gasteiger partial charge in [-0.3, -0.25) is 53.7 Å². The first-order chi connectivity index (χ1) is 31.7. The van der Waals surface area contributed by atoms with E-state index in [-0.39, 0.29) is 49.5 Å². The van der Waals surface area contributed by atoms with Gasteiger partial charge in [0.15, 0.2) is 5.76 Å². The highest BCUT2D eigenvalue weighted by molar-refractivity contribution is 6.23. The van der Waals surface area contributed by atoms with Gasteiger partial charge < -0.3 is 25.1 Å². The zero-order chi connectivity index (χ0) is 45.3. The van der Waals surface area contributed by atoms with E-state index < -0.39 is 59.5 Å². The number of aromatic nitrogens is 1. The molecule has 2 aromatic heterocycles. The van der Waals surface area contributed by atoms with Gasteiger partial charge in [0.25, 0.3) is 17.7 Å². The number of imide groups is 2. The van der Waals surface area contributed by atoms with Crippen molar-refractivity contribution in [3.63, 3.8) is 0 Å². The zero-order valence-electron chi connectivity index (χ0n) is 34.8. The quantitative estimate of drug-likeness (QED) is 0.0689. The van der Waals surface area contributed by atoms with Crippen LogP contribution in [0.1, 0.15) is 67.3 Å². The van der Waals surface area contributed by atoms with Gasteiger partial charge in [-0.05, 0) is 71.6 Å². The van der Waals surface area contributed by atoms with Gasteiger partial charge in [0.1, 0.15) is 18.1 Å². The maximum Gasteiger partial charge on any atom is 0.294 e. The number of ether oxygens (including phenoxy) is 1. The van der Waals surface area contributed by atoms with Crippen LogP contribution in [0.2, 0.25) is 0 Å². The number of fused-ring (bicyclic) bond motifs is 1. The molecule has 0 spiro atoms. The number of carbonyl (C=O) groups is 7. The summed E-state index contributed by atoms with van der Waals surface area (Å²) in [6.07, 6.45) is 4.52. The number of carbonyl (C=O) groups excluding carboxylic acids is 7. The van der Waals surface area contributed by atoms with Crippen LogP contribution in [0.4, 0.5) is 11.4 Å². The van der Waals surface area contributed by atoms with E-state index in [0.29, 0.717) is 29.0 Å². The summed E-state index contributed by atoms with van der Waals surface area (Å²) >= 11 is 0. The lowest BCUT2D eigenvalue weighted by Gasteiger charge is -2.32. The molecule has 0 aliphatic carbocycles. The maximum absolute atomic E-state index is 14.7. The Balaban J connectivity index is 0.918. The van der Waals surface area contributed by atoms with Crippen molar-refractivity contribution < 1.29 is 42.7 Å². The van der Waals surface area contributed by atoms with E-state index >= 15 is 0 Å². The van der Waals surface area contributed by atoms with Crippen LogP contribution in [0.25, 0.3) is 11.1 Å². The highest BCUT2D eigenvalue weighted by Gasteiger charge is 2.45. The third-order valence-electron chi connectivity index (χ3n) is 11.0. The van der Waals surface area contributed by atoms with Crippen LogP contribution in [-0.4, -0.2) is 83.6 Å². The summed E-state index contributed by atoms with van der Waals surface area (Å²) in [4.78, 5) is 99.8. The van der Waals surface area contributed by atoms with Crippen LogP contribution in [-0.2, 0) is 23.9 Å². The van der Waals surface area contributed by atoms with E-state index in [1.807, 2.05) is 42.5 Å². The van der Waals surface area contributed by atoms with Crippen molar-refractivity contribution in [2.75, 3.05) is 36.5 Å². The van der Waals surface area contributed by atoms with Gasteiger partial charge in [0.05, 0.1) is 30.6 Å². The molecule has 3 unspecified atom stereocenters. The van der Waals surface area contributed by atoms with Crippen molar-refractivity contribution in [2.45, 2.75) is 31.0 Å². The van der Waals surface area contributed by atoms with E-state index in [4.69, 9.17) is 9.15 Å². The molecule has 8 rings (SSSR count). The summed E-state index contributed by atoms with van der Waals surface area (Å²) in [5, 5.41) is 11.1. The fraction of sp³-hybridized carbons (Fsp3) is 0.184. The summed E-state index contributed by atoms with van der Waals surface area (Å²) in [5.41, 5.74) is 4.03. The monoisotopic (exact) mass is 873 g/mol. The lowest BCUT2D eigenvalue weighted by molar-refractivity contribution is -0.136. The number of nitrogens with zero attached hydrogens (tertiary/aromatic N) is 3. The fourth-order valence-corrected chi connectivity index (χ4v) is 7.77. The minimum Gasteiger partial charge on any atom is -0.459 e. The number of hydrogen-bond donors (Lipinski definition) is 4. The second kappa shape index (κ2) is 19.9. The highest BCUT2D eigenvalue weighted by atomic mass is 16.5. The molecule has 1 fully saturated rings. The van der Waals surface area contributed by atoms with Gasteiger partial charge in [-0.2, -0.15) is 0 Å². The van der Waals surface area contributed by atoms with Gasteiger partial charge in [-0.15, -0.1) is 0 Å². The molecular weight excluding hydrogens is 831 g/mol. The molecule has 0 bridgehead atoms. The van der Waals surface area contributed by atoms with Crippen molar-refractivity contribution in [3.8, 4) is 11.1 Å². The average molecular weight is 874 g/mol. The van der Waals surface area contributed by atoms with E-state index in [0.717, 1.165) is 16.0 Å². The molecule has 0 radical (unpaired) electrons. The predicted molar refractivity (Wildman–Crippen MR) is 237 cm³/mol. The van der Waals surface area contributed by atoms with E-state index in [1.165, 1.54) is 35.6 Å². The Morgan fingerprint density at radius 3 is 2.18 bits per heavy atom. The molecule has 4 heterocycles. The molecule has 1 saturated heterocycles. The van der Waals surface area contributed by atoms with Gasteiger partial charge in [-0.1, -0.05) is 78.9 Å². The lowest BCUT2D eigenvalue weighted by atomic mass is 10.0. The van der Waals surface area contributed by atoms with E-state index in [9.17, 15) is 33.6 Å². The number of benzene rings is 4. The first-order valence-electron chi connectivity index (χ1n) is 20.9. The minimum absolute atomic E-state index is 0.00335. The third-order valence-corrected chi connectivity index (χ3v) is 11.0. The largest absolute Gasteiger partial charge is 0.459 e. The van der Waals surface area contributed by atoms with Gasteiger partial charge in [-0.25, -0.2) is 0 Å². The Labute approximate surface area is 373 Å². The molecule has 16 nitrogen and oxygen atoms in total. The highest BCUT2D eigenvalue weighted by Crippen LogP contribution is 2.33. The maximum atomic E-state index is 14.7. The summed E-state index contributed by atoms with van der Waals surface area (Å²) < 4.78 is 11.3. The molecular formula is C49H43N7O9. The average Bonchev–Trinajstić information content (AvgIpc) is 3.96. The van der Waals surface area contributed by atoms with Crippen LogP contribution in [0, 0.1) is 0 Å². The van der Waals surface area contributed by atoms with Crippen molar-refractivity contribution >= 4 is 52.7 Å². The molecule has 65 heavy (non-hydrogen) atoms. The molecule has 16 heteroatoms. The number of pyridine rings is 1. The van der Waals surface area contributed by atoms with Gasteiger partial charge in [0, 0.05) is 48.8 Å². The summed E-state index contributed by atoms with van der Waals surface area (Å²) in [6, 6.07) is 33.3. The number of amides is 7. The minimum atomic E-state index is -1.30. The predicted octanol–water partition coefficient (Wildman–Crippen LogP) is 5.23. The van der Waals surface area contributed by atoms with Crippen LogP contribution in [0.15, 0.2) is 150 Å². The van der Waals surface area contributed by atoms with Crippen molar-refractivity contribution in [3.05, 3.63) is 174 Å². The first-order valence-corrected chi connectivity index (χ1v) is 20.9. The molecule has 2 aliphatic heterocycles. The normalized spacial score (nSPS) is 15.4.